The summed E-state index contributed by atoms with van der Waals surface area (Å²) in [6, 6.07) is 7.86. The summed E-state index contributed by atoms with van der Waals surface area (Å²) in [7, 11) is -1.77. The third-order valence-electron chi connectivity index (χ3n) is 4.40. The zero-order valence-electron chi connectivity index (χ0n) is 17.2. The lowest BCUT2D eigenvalue weighted by atomic mass is 9.75. The molecule has 2 aromatic rings. The molecule has 0 saturated carbocycles. The first-order chi connectivity index (χ1) is 14.2. The topological polar surface area (TPSA) is 145 Å². The Morgan fingerprint density at radius 3 is 2.30 bits per heavy atom. The molecular formula is C20H27BN4O5. The largest absolute Gasteiger partial charge is 0.475 e. The van der Waals surface area contributed by atoms with Crippen molar-refractivity contribution in [1.82, 2.24) is 20.6 Å². The summed E-state index contributed by atoms with van der Waals surface area (Å²) in [6.07, 6.45) is 1.87. The predicted octanol–water partition coefficient (Wildman–Crippen LogP) is 0.166. The molecule has 10 heteroatoms. The van der Waals surface area contributed by atoms with E-state index in [1.807, 2.05) is 44.2 Å². The molecule has 0 fully saturated rings. The molecule has 2 amide bonds. The first-order valence-corrected chi connectivity index (χ1v) is 9.72. The highest BCUT2D eigenvalue weighted by atomic mass is 16.4. The number of benzene rings is 1. The molecule has 30 heavy (non-hydrogen) atoms. The smallest absolute Gasteiger partial charge is 0.426 e. The second kappa shape index (κ2) is 10.8. The molecule has 0 aliphatic heterocycles. The van der Waals surface area contributed by atoms with Crippen LogP contribution in [0.3, 0.4) is 0 Å². The fraction of sp³-hybridized carbons (Fsp3) is 0.400. The summed E-state index contributed by atoms with van der Waals surface area (Å²) < 4.78 is 0. The van der Waals surface area contributed by atoms with Crippen molar-refractivity contribution in [1.29, 1.82) is 0 Å². The summed E-state index contributed by atoms with van der Waals surface area (Å²) >= 11 is 0. The monoisotopic (exact) mass is 414 g/mol. The normalized spacial score (nSPS) is 14.0. The van der Waals surface area contributed by atoms with Crippen LogP contribution in [0.1, 0.15) is 37.7 Å². The van der Waals surface area contributed by atoms with E-state index in [0.717, 1.165) is 5.56 Å². The van der Waals surface area contributed by atoms with Gasteiger partial charge in [-0.05, 0) is 19.3 Å². The van der Waals surface area contributed by atoms with E-state index in [4.69, 9.17) is 0 Å². The summed E-state index contributed by atoms with van der Waals surface area (Å²) in [4.78, 5) is 33.5. The van der Waals surface area contributed by atoms with Crippen molar-refractivity contribution >= 4 is 18.9 Å². The number of carbonyl (C=O) groups excluding carboxylic acids is 2. The van der Waals surface area contributed by atoms with Crippen molar-refractivity contribution in [2.75, 3.05) is 0 Å². The number of nitrogens with one attached hydrogen (secondary N) is 2. The van der Waals surface area contributed by atoms with Crippen molar-refractivity contribution in [3.8, 4) is 11.3 Å². The molecule has 0 bridgehead atoms. The van der Waals surface area contributed by atoms with Gasteiger partial charge in [0.25, 0.3) is 5.91 Å². The molecule has 0 saturated heterocycles. The van der Waals surface area contributed by atoms with Gasteiger partial charge in [-0.1, -0.05) is 44.2 Å². The van der Waals surface area contributed by atoms with Gasteiger partial charge in [0, 0.05) is 5.56 Å². The maximum Gasteiger partial charge on any atom is 0.475 e. The quantitative estimate of drug-likeness (QED) is 0.368. The van der Waals surface area contributed by atoms with E-state index in [1.54, 1.807) is 0 Å². The van der Waals surface area contributed by atoms with Crippen LogP contribution in [0.5, 0.6) is 0 Å². The van der Waals surface area contributed by atoms with Crippen LogP contribution in [0.2, 0.25) is 0 Å². The molecule has 0 aliphatic rings. The number of aliphatic hydroxyl groups is 1. The number of nitrogens with zero attached hydrogens (tertiary/aromatic N) is 2. The van der Waals surface area contributed by atoms with Crippen LogP contribution in [0.25, 0.3) is 11.3 Å². The highest BCUT2D eigenvalue weighted by Crippen LogP contribution is 2.15. The van der Waals surface area contributed by atoms with E-state index >= 15 is 0 Å². The van der Waals surface area contributed by atoms with E-state index in [2.05, 4.69) is 20.6 Å². The Bertz CT molecular complexity index is 848. The lowest BCUT2D eigenvalue weighted by Crippen LogP contribution is -2.57. The number of aliphatic hydroxyl groups excluding tert-OH is 1. The first-order valence-electron chi connectivity index (χ1n) is 9.72. The standard InChI is InChI=1S/C20H27BN4O5/c1-12(2)9-17(21(29)30)24-20(28)18(13(3)26)25-19(27)16-11-22-10-15(23-16)14-7-5-4-6-8-14/h4-8,10-13,17-18,26,29-30H,9H2,1-3H3,(H,24,28)(H,25,27). The zero-order chi connectivity index (χ0) is 22.3. The van der Waals surface area contributed by atoms with Crippen LogP contribution in [-0.4, -0.2) is 62.1 Å². The SMILES string of the molecule is CC(C)CC(NC(=O)C(NC(=O)c1cncc(-c2ccccc2)n1)C(C)O)B(O)O. The van der Waals surface area contributed by atoms with Gasteiger partial charge in [0.1, 0.15) is 11.7 Å². The highest BCUT2D eigenvalue weighted by molar-refractivity contribution is 6.43. The Hall–Kier alpha value is -2.82. The molecule has 1 aromatic carbocycles. The van der Waals surface area contributed by atoms with E-state index < -0.39 is 37.0 Å². The Kier molecular flexibility index (Phi) is 8.46. The fourth-order valence-corrected chi connectivity index (χ4v) is 2.88. The van der Waals surface area contributed by atoms with Crippen LogP contribution in [0, 0.1) is 5.92 Å². The average molecular weight is 414 g/mol. The van der Waals surface area contributed by atoms with Gasteiger partial charge in [-0.2, -0.15) is 0 Å². The minimum absolute atomic E-state index is 0.0178. The number of hydrogen-bond acceptors (Lipinski definition) is 7. The maximum atomic E-state index is 12.6. The highest BCUT2D eigenvalue weighted by Gasteiger charge is 2.32. The Morgan fingerprint density at radius 1 is 1.07 bits per heavy atom. The molecule has 5 N–H and O–H groups in total. The van der Waals surface area contributed by atoms with Crippen LogP contribution < -0.4 is 10.6 Å². The molecule has 0 spiro atoms. The van der Waals surface area contributed by atoms with Crippen molar-refractivity contribution in [3.63, 3.8) is 0 Å². The summed E-state index contributed by atoms with van der Waals surface area (Å²) in [5, 5.41) is 33.9. The van der Waals surface area contributed by atoms with Gasteiger partial charge < -0.3 is 25.8 Å². The molecule has 2 rings (SSSR count). The predicted molar refractivity (Wildman–Crippen MR) is 112 cm³/mol. The van der Waals surface area contributed by atoms with Crippen LogP contribution in [0.15, 0.2) is 42.7 Å². The van der Waals surface area contributed by atoms with E-state index in [0.29, 0.717) is 12.1 Å². The second-order valence-electron chi connectivity index (χ2n) is 7.51. The fourth-order valence-electron chi connectivity index (χ4n) is 2.88. The number of amides is 2. The van der Waals surface area contributed by atoms with Gasteiger partial charge in [0.15, 0.2) is 0 Å². The molecule has 1 aromatic heterocycles. The lowest BCUT2D eigenvalue weighted by molar-refractivity contribution is -0.125. The van der Waals surface area contributed by atoms with Gasteiger partial charge in [-0.3, -0.25) is 14.6 Å². The molecule has 1 heterocycles. The Morgan fingerprint density at radius 2 is 1.73 bits per heavy atom. The van der Waals surface area contributed by atoms with Crippen molar-refractivity contribution in [2.45, 2.75) is 45.3 Å². The van der Waals surface area contributed by atoms with Gasteiger partial charge in [0.05, 0.1) is 30.1 Å². The average Bonchev–Trinajstić information content (AvgIpc) is 2.71. The number of rotatable bonds is 9. The van der Waals surface area contributed by atoms with E-state index in [1.165, 1.54) is 19.3 Å². The molecule has 9 nitrogen and oxygen atoms in total. The number of carbonyl (C=O) groups is 2. The van der Waals surface area contributed by atoms with Crippen molar-refractivity contribution in [3.05, 3.63) is 48.4 Å². The molecule has 3 atom stereocenters. The molecule has 0 radical (unpaired) electrons. The molecule has 3 unspecified atom stereocenters. The summed E-state index contributed by atoms with van der Waals surface area (Å²) in [5.41, 5.74) is 1.25. The van der Waals surface area contributed by atoms with Gasteiger partial charge in [0.2, 0.25) is 5.91 Å². The van der Waals surface area contributed by atoms with Gasteiger partial charge >= 0.3 is 7.12 Å². The molecular weight excluding hydrogens is 387 g/mol. The van der Waals surface area contributed by atoms with E-state index in [-0.39, 0.29) is 11.6 Å². The van der Waals surface area contributed by atoms with Gasteiger partial charge in [-0.25, -0.2) is 4.98 Å². The minimum Gasteiger partial charge on any atom is -0.426 e. The summed E-state index contributed by atoms with van der Waals surface area (Å²) in [5.74, 6) is -2.26. The molecule has 160 valence electrons. The first kappa shape index (κ1) is 23.5. The second-order valence-corrected chi connectivity index (χ2v) is 7.51. The Balaban J connectivity index is 2.14. The minimum atomic E-state index is -1.77. The number of hydrogen-bond donors (Lipinski definition) is 5. The Labute approximate surface area is 175 Å². The third-order valence-corrected chi connectivity index (χ3v) is 4.40. The van der Waals surface area contributed by atoms with Gasteiger partial charge in [-0.15, -0.1) is 0 Å². The van der Waals surface area contributed by atoms with Crippen LogP contribution >= 0.6 is 0 Å². The summed E-state index contributed by atoms with van der Waals surface area (Å²) in [6.45, 7) is 5.09. The van der Waals surface area contributed by atoms with Crippen molar-refractivity contribution in [2.24, 2.45) is 5.92 Å². The van der Waals surface area contributed by atoms with E-state index in [9.17, 15) is 24.7 Å². The van der Waals surface area contributed by atoms with Crippen LogP contribution in [0.4, 0.5) is 0 Å². The number of aromatic nitrogens is 2. The third kappa shape index (κ3) is 6.62. The lowest BCUT2D eigenvalue weighted by Gasteiger charge is -2.25. The zero-order valence-corrected chi connectivity index (χ0v) is 17.2. The maximum absolute atomic E-state index is 12.6. The van der Waals surface area contributed by atoms with Crippen molar-refractivity contribution < 1.29 is 24.7 Å². The molecule has 0 aliphatic carbocycles. The van der Waals surface area contributed by atoms with Crippen LogP contribution in [-0.2, 0) is 4.79 Å².